The molecule has 0 aliphatic carbocycles. The summed E-state index contributed by atoms with van der Waals surface area (Å²) in [6.07, 6.45) is 0. The van der Waals surface area contributed by atoms with Crippen molar-refractivity contribution in [2.24, 2.45) is 11.5 Å². The van der Waals surface area contributed by atoms with Crippen molar-refractivity contribution in [3.8, 4) is 0 Å². The summed E-state index contributed by atoms with van der Waals surface area (Å²) in [6.45, 7) is 0.149. The molecule has 4 N–H and O–H groups in total. The number of sulfone groups is 1. The van der Waals surface area contributed by atoms with Crippen LogP contribution in [0, 0.1) is 0 Å². The predicted octanol–water partition coefficient (Wildman–Crippen LogP) is 0.994. The van der Waals surface area contributed by atoms with Gasteiger partial charge in [-0.15, -0.1) is 0 Å². The molecule has 0 fully saturated rings. The molecule has 2 aromatic rings. The van der Waals surface area contributed by atoms with E-state index in [2.05, 4.69) is 0 Å². The van der Waals surface area contributed by atoms with Crippen LogP contribution in [0.4, 0.5) is 0 Å². The molecule has 0 radical (unpaired) electrons. The molecule has 0 unspecified atom stereocenters. The number of hydrogen-bond donors (Lipinski definition) is 2. The third-order valence-electron chi connectivity index (χ3n) is 3.64. The van der Waals surface area contributed by atoms with Crippen molar-refractivity contribution in [2.75, 3.05) is 6.54 Å². The van der Waals surface area contributed by atoms with Crippen LogP contribution >= 0.6 is 0 Å². The maximum absolute atomic E-state index is 12.6. The Balaban J connectivity index is 2.48. The number of fused-ring (bicyclic) bond motifs is 2. The summed E-state index contributed by atoms with van der Waals surface area (Å²) in [7, 11) is -3.52. The molecule has 0 saturated carbocycles. The van der Waals surface area contributed by atoms with Crippen LogP contribution in [0.25, 0.3) is 0 Å². The summed E-state index contributed by atoms with van der Waals surface area (Å²) in [6, 6.07) is 13.6. The summed E-state index contributed by atoms with van der Waals surface area (Å²) in [5, 5.41) is 0. The third kappa shape index (κ3) is 1.49. The van der Waals surface area contributed by atoms with Gasteiger partial charge in [-0.05, 0) is 23.3 Å². The highest BCUT2D eigenvalue weighted by atomic mass is 32.2. The molecule has 0 aromatic heterocycles. The normalized spacial score (nSPS) is 18.4. The molecule has 4 nitrogen and oxygen atoms in total. The van der Waals surface area contributed by atoms with Crippen LogP contribution in [-0.4, -0.2) is 15.0 Å². The molecular formula is C14H14N2O2S. The first-order chi connectivity index (χ1) is 9.02. The van der Waals surface area contributed by atoms with Crippen molar-refractivity contribution in [2.45, 2.75) is 15.3 Å². The molecule has 2 aromatic carbocycles. The smallest absolute Gasteiger partial charge is 0.207 e. The minimum atomic E-state index is -3.52. The van der Waals surface area contributed by atoms with E-state index < -0.39 is 15.4 Å². The first-order valence-corrected chi connectivity index (χ1v) is 7.43. The molecule has 5 heteroatoms. The number of hydrogen-bond acceptors (Lipinski definition) is 4. The summed E-state index contributed by atoms with van der Waals surface area (Å²) in [5.74, 6) is 0. The lowest BCUT2D eigenvalue weighted by Gasteiger charge is -2.36. The van der Waals surface area contributed by atoms with E-state index in [9.17, 15) is 8.42 Å². The molecule has 0 saturated heterocycles. The zero-order valence-corrected chi connectivity index (χ0v) is 11.0. The van der Waals surface area contributed by atoms with E-state index in [-0.39, 0.29) is 16.3 Å². The summed E-state index contributed by atoms with van der Waals surface area (Å²) in [5.41, 5.74) is 12.4. The molecule has 1 heterocycles. The van der Waals surface area contributed by atoms with E-state index in [0.29, 0.717) is 11.1 Å². The van der Waals surface area contributed by atoms with Gasteiger partial charge in [0.2, 0.25) is 9.84 Å². The Kier molecular flexibility index (Phi) is 2.53. The second-order valence-electron chi connectivity index (χ2n) is 4.67. The van der Waals surface area contributed by atoms with E-state index in [1.54, 1.807) is 48.5 Å². The highest BCUT2D eigenvalue weighted by Crippen LogP contribution is 2.42. The van der Waals surface area contributed by atoms with Crippen LogP contribution in [-0.2, 0) is 15.4 Å². The molecule has 0 atom stereocenters. The van der Waals surface area contributed by atoms with Crippen LogP contribution < -0.4 is 11.5 Å². The van der Waals surface area contributed by atoms with Crippen LogP contribution in [0.15, 0.2) is 58.3 Å². The van der Waals surface area contributed by atoms with Gasteiger partial charge in [0.25, 0.3) is 0 Å². The van der Waals surface area contributed by atoms with Crippen LogP contribution in [0.3, 0.4) is 0 Å². The van der Waals surface area contributed by atoms with Crippen LogP contribution in [0.1, 0.15) is 11.1 Å². The Hall–Kier alpha value is -1.69. The molecule has 1 aliphatic rings. The summed E-state index contributed by atoms with van der Waals surface area (Å²) in [4.78, 5) is 0.503. The van der Waals surface area contributed by atoms with Crippen molar-refractivity contribution in [3.05, 3.63) is 59.7 Å². The topological polar surface area (TPSA) is 86.2 Å². The van der Waals surface area contributed by atoms with Crippen molar-refractivity contribution in [3.63, 3.8) is 0 Å². The van der Waals surface area contributed by atoms with Crippen molar-refractivity contribution >= 4 is 9.84 Å². The molecular weight excluding hydrogens is 260 g/mol. The Morgan fingerprint density at radius 2 is 1.32 bits per heavy atom. The zero-order chi connectivity index (χ0) is 13.7. The lowest BCUT2D eigenvalue weighted by Crippen LogP contribution is -2.48. The minimum Gasteiger partial charge on any atom is -0.328 e. The average Bonchev–Trinajstić information content (AvgIpc) is 2.45. The second-order valence-corrected chi connectivity index (χ2v) is 6.56. The largest absolute Gasteiger partial charge is 0.328 e. The van der Waals surface area contributed by atoms with E-state index in [0.717, 1.165) is 0 Å². The van der Waals surface area contributed by atoms with Gasteiger partial charge >= 0.3 is 0 Å². The first-order valence-electron chi connectivity index (χ1n) is 5.95. The molecule has 1 aliphatic heterocycles. The average molecular weight is 274 g/mol. The van der Waals surface area contributed by atoms with Gasteiger partial charge in [0, 0.05) is 6.54 Å². The van der Waals surface area contributed by atoms with Crippen molar-refractivity contribution in [1.29, 1.82) is 0 Å². The Bertz CT molecular complexity index is 700. The Labute approximate surface area is 112 Å². The SMILES string of the molecule is NCC1(N)c2ccccc2S(=O)(=O)c2ccccc21. The van der Waals surface area contributed by atoms with Gasteiger partial charge in [0.05, 0.1) is 15.3 Å². The van der Waals surface area contributed by atoms with Gasteiger partial charge in [-0.25, -0.2) is 8.42 Å². The van der Waals surface area contributed by atoms with Crippen molar-refractivity contribution in [1.82, 2.24) is 0 Å². The fourth-order valence-corrected chi connectivity index (χ4v) is 4.45. The van der Waals surface area contributed by atoms with Crippen LogP contribution in [0.2, 0.25) is 0 Å². The number of nitrogens with two attached hydrogens (primary N) is 2. The second kappa shape index (κ2) is 3.90. The van der Waals surface area contributed by atoms with Gasteiger partial charge in [-0.1, -0.05) is 36.4 Å². The molecule has 3 rings (SSSR count). The van der Waals surface area contributed by atoms with Gasteiger partial charge < -0.3 is 11.5 Å². The lowest BCUT2D eigenvalue weighted by molar-refractivity contribution is 0.508. The molecule has 0 amide bonds. The monoisotopic (exact) mass is 274 g/mol. The third-order valence-corrected chi connectivity index (χ3v) is 5.51. The van der Waals surface area contributed by atoms with Gasteiger partial charge in [-0.2, -0.15) is 0 Å². The zero-order valence-electron chi connectivity index (χ0n) is 10.2. The number of rotatable bonds is 1. The van der Waals surface area contributed by atoms with E-state index >= 15 is 0 Å². The lowest BCUT2D eigenvalue weighted by atomic mass is 9.83. The van der Waals surface area contributed by atoms with Gasteiger partial charge in [0.1, 0.15) is 0 Å². The Morgan fingerprint density at radius 1 is 0.895 bits per heavy atom. The molecule has 19 heavy (non-hydrogen) atoms. The maximum Gasteiger partial charge on any atom is 0.207 e. The molecule has 0 spiro atoms. The summed E-state index contributed by atoms with van der Waals surface area (Å²) < 4.78 is 25.2. The van der Waals surface area contributed by atoms with E-state index in [1.807, 2.05) is 0 Å². The van der Waals surface area contributed by atoms with E-state index in [1.165, 1.54) is 0 Å². The Morgan fingerprint density at radius 3 is 1.74 bits per heavy atom. The molecule has 98 valence electrons. The fourth-order valence-electron chi connectivity index (χ4n) is 2.62. The highest BCUT2D eigenvalue weighted by molar-refractivity contribution is 7.91. The fraction of sp³-hybridized carbons (Fsp3) is 0.143. The van der Waals surface area contributed by atoms with Crippen molar-refractivity contribution < 1.29 is 8.42 Å². The standard InChI is InChI=1S/C14H14N2O2S/c15-9-14(16)10-5-1-3-7-12(10)19(17,18)13-8-4-2-6-11(13)14/h1-8H,9,15-16H2. The maximum atomic E-state index is 12.6. The predicted molar refractivity (Wildman–Crippen MR) is 72.4 cm³/mol. The van der Waals surface area contributed by atoms with Crippen LogP contribution in [0.5, 0.6) is 0 Å². The van der Waals surface area contributed by atoms with Gasteiger partial charge in [0.15, 0.2) is 0 Å². The first kappa shape index (κ1) is 12.3. The minimum absolute atomic E-state index is 0.149. The highest BCUT2D eigenvalue weighted by Gasteiger charge is 2.42. The summed E-state index contributed by atoms with van der Waals surface area (Å²) >= 11 is 0. The molecule has 0 bridgehead atoms. The van der Waals surface area contributed by atoms with E-state index in [4.69, 9.17) is 11.5 Å². The van der Waals surface area contributed by atoms with Gasteiger partial charge in [-0.3, -0.25) is 0 Å². The number of benzene rings is 2. The quantitative estimate of drug-likeness (QED) is 0.812.